The molecule has 0 bridgehead atoms. The maximum absolute atomic E-state index is 12.4. The molecule has 2 amide bonds. The number of nitrogens with one attached hydrogen (secondary N) is 2. The van der Waals surface area contributed by atoms with Crippen LogP contribution in [0.4, 0.5) is 0 Å². The first-order chi connectivity index (χ1) is 16.1. The van der Waals surface area contributed by atoms with Gasteiger partial charge in [0.1, 0.15) is 23.1 Å². The van der Waals surface area contributed by atoms with Gasteiger partial charge in [-0.2, -0.15) is 0 Å². The van der Waals surface area contributed by atoms with E-state index in [0.29, 0.717) is 37.4 Å². The summed E-state index contributed by atoms with van der Waals surface area (Å²) in [6, 6.07) is 13.7. The lowest BCUT2D eigenvalue weighted by Gasteiger charge is -2.19. The van der Waals surface area contributed by atoms with Crippen LogP contribution in [0, 0.1) is 13.8 Å². The van der Waals surface area contributed by atoms with Crippen molar-refractivity contribution >= 4 is 23.2 Å². The molecule has 1 aromatic heterocycles. The Morgan fingerprint density at radius 2 is 1.56 bits per heavy atom. The molecule has 180 valence electrons. The van der Waals surface area contributed by atoms with E-state index in [1.807, 2.05) is 50.2 Å². The lowest BCUT2D eigenvalue weighted by molar-refractivity contribution is 0.0948. The summed E-state index contributed by atoms with van der Waals surface area (Å²) >= 11 is 1.40. The van der Waals surface area contributed by atoms with Crippen molar-refractivity contribution in [3.05, 3.63) is 80.8 Å². The van der Waals surface area contributed by atoms with Gasteiger partial charge in [-0.3, -0.25) is 9.59 Å². The predicted octanol–water partition coefficient (Wildman–Crippen LogP) is 5.19. The van der Waals surface area contributed by atoms with E-state index in [1.54, 1.807) is 5.38 Å². The lowest BCUT2D eigenvalue weighted by Crippen LogP contribution is -2.30. The van der Waals surface area contributed by atoms with Gasteiger partial charge in [0.2, 0.25) is 0 Å². The van der Waals surface area contributed by atoms with E-state index >= 15 is 0 Å². The third-order valence-electron chi connectivity index (χ3n) is 5.28. The topological polar surface area (TPSA) is 80.3 Å². The molecule has 0 radical (unpaired) electrons. The molecule has 6 nitrogen and oxygen atoms in total. The van der Waals surface area contributed by atoms with Crippen LogP contribution in [0.5, 0.6) is 5.75 Å². The number of nitrogens with zero attached hydrogens (tertiary/aromatic N) is 1. The van der Waals surface area contributed by atoms with Gasteiger partial charge < -0.3 is 15.4 Å². The quantitative estimate of drug-likeness (QED) is 0.414. The van der Waals surface area contributed by atoms with Crippen molar-refractivity contribution in [2.45, 2.75) is 53.1 Å². The van der Waals surface area contributed by atoms with Crippen molar-refractivity contribution in [1.29, 1.82) is 0 Å². The van der Waals surface area contributed by atoms with Crippen molar-refractivity contribution in [1.82, 2.24) is 15.6 Å². The summed E-state index contributed by atoms with van der Waals surface area (Å²) in [5, 5.41) is 8.23. The van der Waals surface area contributed by atoms with Gasteiger partial charge in [-0.25, -0.2) is 4.98 Å². The molecule has 2 N–H and O–H groups in total. The van der Waals surface area contributed by atoms with Gasteiger partial charge in [0.15, 0.2) is 0 Å². The van der Waals surface area contributed by atoms with Crippen LogP contribution in [0.3, 0.4) is 0 Å². The van der Waals surface area contributed by atoms with E-state index in [-0.39, 0.29) is 17.2 Å². The number of carbonyl (C=O) groups excluding carboxylic acids is 2. The minimum atomic E-state index is -0.224. The van der Waals surface area contributed by atoms with E-state index in [2.05, 4.69) is 42.5 Å². The first-order valence-corrected chi connectivity index (χ1v) is 12.3. The van der Waals surface area contributed by atoms with Crippen LogP contribution >= 0.6 is 11.3 Å². The van der Waals surface area contributed by atoms with Crippen LogP contribution in [0.2, 0.25) is 0 Å². The number of ether oxygens (including phenoxy) is 1. The highest BCUT2D eigenvalue weighted by atomic mass is 32.1. The highest BCUT2D eigenvalue weighted by Crippen LogP contribution is 2.22. The highest BCUT2D eigenvalue weighted by molar-refractivity contribution is 7.09. The minimum absolute atomic E-state index is 0.0540. The second kappa shape index (κ2) is 11.3. The molecular weight excluding hydrogens is 446 g/mol. The Morgan fingerprint density at radius 1 is 0.941 bits per heavy atom. The van der Waals surface area contributed by atoms with Gasteiger partial charge in [0, 0.05) is 24.0 Å². The highest BCUT2D eigenvalue weighted by Gasteiger charge is 2.14. The maximum Gasteiger partial charge on any atom is 0.270 e. The van der Waals surface area contributed by atoms with Gasteiger partial charge in [-0.05, 0) is 66.6 Å². The molecule has 0 fully saturated rings. The zero-order valence-corrected chi connectivity index (χ0v) is 21.3. The average Bonchev–Trinajstić information content (AvgIpc) is 3.25. The molecule has 0 aliphatic carbocycles. The molecule has 0 saturated heterocycles. The fourth-order valence-electron chi connectivity index (χ4n) is 3.45. The molecule has 0 aliphatic rings. The van der Waals surface area contributed by atoms with Crippen molar-refractivity contribution in [2.75, 3.05) is 13.1 Å². The van der Waals surface area contributed by atoms with Gasteiger partial charge >= 0.3 is 0 Å². The summed E-state index contributed by atoms with van der Waals surface area (Å²) in [6.45, 7) is 11.7. The van der Waals surface area contributed by atoms with Gasteiger partial charge in [-0.1, -0.05) is 39.0 Å². The van der Waals surface area contributed by atoms with Crippen molar-refractivity contribution in [3.8, 4) is 5.75 Å². The van der Waals surface area contributed by atoms with Crippen LogP contribution in [0.1, 0.15) is 69.7 Å². The summed E-state index contributed by atoms with van der Waals surface area (Å²) in [5.74, 6) is 0.462. The Hall–Kier alpha value is -3.19. The van der Waals surface area contributed by atoms with Crippen LogP contribution < -0.4 is 15.4 Å². The van der Waals surface area contributed by atoms with Crippen LogP contribution in [-0.2, 0) is 12.0 Å². The molecule has 0 aliphatic heterocycles. The number of thiazole rings is 1. The number of aromatic nitrogens is 1. The second-order valence-electron chi connectivity index (χ2n) is 9.43. The van der Waals surface area contributed by atoms with Crippen LogP contribution in [0.15, 0.2) is 47.8 Å². The molecule has 7 heteroatoms. The van der Waals surface area contributed by atoms with Gasteiger partial charge in [0.25, 0.3) is 11.8 Å². The van der Waals surface area contributed by atoms with E-state index in [9.17, 15) is 9.59 Å². The number of amides is 2. The Balaban J connectivity index is 1.37. The first kappa shape index (κ1) is 25.4. The number of hydrogen-bond donors (Lipinski definition) is 2. The summed E-state index contributed by atoms with van der Waals surface area (Å²) in [4.78, 5) is 29.0. The average molecular weight is 480 g/mol. The number of benzene rings is 2. The van der Waals surface area contributed by atoms with Crippen LogP contribution in [-0.4, -0.2) is 29.9 Å². The Labute approximate surface area is 205 Å². The zero-order valence-electron chi connectivity index (χ0n) is 20.5. The SMILES string of the molecule is Cc1cc(C)cc(OCc2nc(C(=O)NCCCNC(=O)c3ccc(C(C)(C)C)cc3)cs2)c1. The maximum atomic E-state index is 12.4. The Bertz CT molecular complexity index is 1110. The van der Waals surface area contributed by atoms with Crippen molar-refractivity contribution in [2.24, 2.45) is 0 Å². The molecule has 2 aromatic carbocycles. The van der Waals surface area contributed by atoms with Gasteiger partial charge in [-0.15, -0.1) is 11.3 Å². The monoisotopic (exact) mass is 479 g/mol. The van der Waals surface area contributed by atoms with E-state index < -0.39 is 0 Å². The normalized spacial score (nSPS) is 11.2. The standard InChI is InChI=1S/C27H33N3O3S/c1-18-13-19(2)15-22(14-18)33-16-24-30-23(17-34-24)26(32)29-12-6-11-28-25(31)20-7-9-21(10-8-20)27(3,4)5/h7-10,13-15,17H,6,11-12,16H2,1-5H3,(H,28,31)(H,29,32). The zero-order chi connectivity index (χ0) is 24.7. The number of aryl methyl sites for hydroxylation is 2. The minimum Gasteiger partial charge on any atom is -0.486 e. The molecule has 0 atom stereocenters. The third kappa shape index (κ3) is 7.42. The molecule has 1 heterocycles. The fourth-order valence-corrected chi connectivity index (χ4v) is 4.13. The molecule has 3 aromatic rings. The summed E-state index contributed by atoms with van der Waals surface area (Å²) in [7, 11) is 0. The molecule has 0 saturated carbocycles. The molecule has 0 spiro atoms. The summed E-state index contributed by atoms with van der Waals surface area (Å²) < 4.78 is 5.82. The Morgan fingerprint density at radius 3 is 2.18 bits per heavy atom. The first-order valence-electron chi connectivity index (χ1n) is 11.4. The van der Waals surface area contributed by atoms with E-state index in [4.69, 9.17) is 4.74 Å². The second-order valence-corrected chi connectivity index (χ2v) is 10.4. The molecule has 3 rings (SSSR count). The van der Waals surface area contributed by atoms with Crippen molar-refractivity contribution in [3.63, 3.8) is 0 Å². The van der Waals surface area contributed by atoms with E-state index in [1.165, 1.54) is 16.9 Å². The Kier molecular flexibility index (Phi) is 8.45. The van der Waals surface area contributed by atoms with E-state index in [0.717, 1.165) is 21.9 Å². The summed E-state index contributed by atoms with van der Waals surface area (Å²) in [5.41, 5.74) is 4.54. The molecule has 0 unspecified atom stereocenters. The number of carbonyl (C=O) groups is 2. The predicted molar refractivity (Wildman–Crippen MR) is 137 cm³/mol. The third-order valence-corrected chi connectivity index (χ3v) is 6.10. The van der Waals surface area contributed by atoms with Crippen LogP contribution in [0.25, 0.3) is 0 Å². The summed E-state index contributed by atoms with van der Waals surface area (Å²) in [6.07, 6.45) is 0.629. The number of rotatable bonds is 9. The fraction of sp³-hybridized carbons (Fsp3) is 0.370. The lowest BCUT2D eigenvalue weighted by atomic mass is 9.87. The van der Waals surface area contributed by atoms with Gasteiger partial charge in [0.05, 0.1) is 0 Å². The molecule has 34 heavy (non-hydrogen) atoms. The largest absolute Gasteiger partial charge is 0.486 e. The van der Waals surface area contributed by atoms with Crippen molar-refractivity contribution < 1.29 is 14.3 Å². The number of hydrogen-bond acceptors (Lipinski definition) is 5. The molecular formula is C27H33N3O3S. The smallest absolute Gasteiger partial charge is 0.270 e.